The van der Waals surface area contributed by atoms with Crippen LogP contribution in [0.15, 0.2) is 53.0 Å². The van der Waals surface area contributed by atoms with Gasteiger partial charge in [0, 0.05) is 22.6 Å². The predicted octanol–water partition coefficient (Wildman–Crippen LogP) is 3.18. The molecule has 6 heteroatoms. The van der Waals surface area contributed by atoms with Crippen LogP contribution in [-0.2, 0) is 6.54 Å². The lowest BCUT2D eigenvalue weighted by atomic mass is 10.1. The number of nitrogens with zero attached hydrogens (tertiary/aromatic N) is 1. The maximum absolute atomic E-state index is 11.1. The number of hydrogen-bond acceptors (Lipinski definition) is 4. The van der Waals surface area contributed by atoms with Crippen LogP contribution >= 0.6 is 15.9 Å². The van der Waals surface area contributed by atoms with Crippen LogP contribution in [0.2, 0.25) is 0 Å². The molecular weight excluding hydrogens is 336 g/mol. The zero-order chi connectivity index (χ0) is 15.2. The van der Waals surface area contributed by atoms with Crippen LogP contribution in [0.3, 0.4) is 0 Å². The molecule has 0 aliphatic rings. The molecule has 0 saturated heterocycles. The molecule has 1 atom stereocenters. The average Bonchev–Trinajstić information content (AvgIpc) is 2.50. The Hall–Kier alpha value is -1.76. The van der Waals surface area contributed by atoms with E-state index in [9.17, 15) is 15.2 Å². The van der Waals surface area contributed by atoms with E-state index in [1.807, 2.05) is 30.3 Å². The zero-order valence-corrected chi connectivity index (χ0v) is 12.8. The zero-order valence-electron chi connectivity index (χ0n) is 11.2. The van der Waals surface area contributed by atoms with E-state index in [1.54, 1.807) is 12.1 Å². The van der Waals surface area contributed by atoms with Crippen molar-refractivity contribution in [3.8, 4) is 0 Å². The van der Waals surface area contributed by atoms with Crippen molar-refractivity contribution < 1.29 is 10.0 Å². The van der Waals surface area contributed by atoms with E-state index >= 15 is 0 Å². The summed E-state index contributed by atoms with van der Waals surface area (Å²) in [6.07, 6.45) is 0. The van der Waals surface area contributed by atoms with Crippen molar-refractivity contribution in [2.75, 3.05) is 6.61 Å². The smallest absolute Gasteiger partial charge is 0.275 e. The first kappa shape index (κ1) is 15.6. The van der Waals surface area contributed by atoms with Crippen molar-refractivity contribution in [3.05, 3.63) is 74.2 Å². The highest BCUT2D eigenvalue weighted by atomic mass is 79.9. The topological polar surface area (TPSA) is 75.4 Å². The highest BCUT2D eigenvalue weighted by Gasteiger charge is 2.16. The monoisotopic (exact) mass is 350 g/mol. The number of hydrogen-bond donors (Lipinski definition) is 2. The van der Waals surface area contributed by atoms with Crippen molar-refractivity contribution in [1.82, 2.24) is 5.32 Å². The number of aliphatic hydroxyl groups excluding tert-OH is 1. The molecule has 0 aliphatic carbocycles. The fraction of sp³-hybridized carbons (Fsp3) is 0.200. The fourth-order valence-corrected chi connectivity index (χ4v) is 2.41. The van der Waals surface area contributed by atoms with Gasteiger partial charge in [-0.15, -0.1) is 0 Å². The highest BCUT2D eigenvalue weighted by molar-refractivity contribution is 9.10. The Kier molecular flexibility index (Phi) is 5.44. The molecule has 2 aromatic rings. The normalized spacial score (nSPS) is 12.1. The number of aliphatic hydroxyl groups is 1. The molecule has 5 nitrogen and oxygen atoms in total. The molecule has 21 heavy (non-hydrogen) atoms. The molecule has 0 bridgehead atoms. The second kappa shape index (κ2) is 7.31. The third-order valence-electron chi connectivity index (χ3n) is 3.17. The van der Waals surface area contributed by atoms with Gasteiger partial charge in [-0.1, -0.05) is 46.3 Å². The molecule has 110 valence electrons. The third kappa shape index (κ3) is 4.10. The van der Waals surface area contributed by atoms with E-state index in [4.69, 9.17) is 0 Å². The maximum Gasteiger partial charge on any atom is 0.275 e. The molecule has 0 aliphatic heterocycles. The van der Waals surface area contributed by atoms with Crippen LogP contribution in [0, 0.1) is 10.1 Å². The van der Waals surface area contributed by atoms with Crippen LogP contribution < -0.4 is 5.32 Å². The summed E-state index contributed by atoms with van der Waals surface area (Å²) in [5.74, 6) is 0. The molecule has 0 aromatic heterocycles. The fourth-order valence-electron chi connectivity index (χ4n) is 2.06. The summed E-state index contributed by atoms with van der Waals surface area (Å²) in [6, 6.07) is 14.2. The van der Waals surface area contributed by atoms with E-state index in [-0.39, 0.29) is 18.3 Å². The standard InChI is InChI=1S/C15H15BrN2O3/c16-13-7-6-12(15(8-13)18(20)21)9-17-14(10-19)11-4-2-1-3-5-11/h1-8,14,17,19H,9-10H2. The van der Waals surface area contributed by atoms with Gasteiger partial charge in [-0.2, -0.15) is 0 Å². The number of halogens is 1. The quantitative estimate of drug-likeness (QED) is 0.619. The van der Waals surface area contributed by atoms with E-state index in [0.29, 0.717) is 16.6 Å². The molecule has 0 fully saturated rings. The number of nitrogens with one attached hydrogen (secondary N) is 1. The second-order valence-electron chi connectivity index (χ2n) is 4.56. The van der Waals surface area contributed by atoms with Crippen molar-refractivity contribution in [3.63, 3.8) is 0 Å². The number of nitro groups is 1. The SMILES string of the molecule is O=[N+]([O-])c1cc(Br)ccc1CNC(CO)c1ccccc1. The molecule has 0 heterocycles. The number of nitro benzene ring substituents is 1. The second-order valence-corrected chi connectivity index (χ2v) is 5.47. The molecular formula is C15H15BrN2O3. The van der Waals surface area contributed by atoms with Crippen LogP contribution in [0.4, 0.5) is 5.69 Å². The molecule has 1 unspecified atom stereocenters. The Morgan fingerprint density at radius 1 is 1.24 bits per heavy atom. The summed E-state index contributed by atoms with van der Waals surface area (Å²) in [5, 5.41) is 23.7. The van der Waals surface area contributed by atoms with E-state index in [0.717, 1.165) is 5.56 Å². The molecule has 0 spiro atoms. The Morgan fingerprint density at radius 2 is 1.95 bits per heavy atom. The van der Waals surface area contributed by atoms with Crippen LogP contribution in [0.25, 0.3) is 0 Å². The van der Waals surface area contributed by atoms with Gasteiger partial charge in [0.2, 0.25) is 0 Å². The van der Waals surface area contributed by atoms with Gasteiger partial charge in [0.1, 0.15) is 0 Å². The minimum atomic E-state index is -0.405. The van der Waals surface area contributed by atoms with Gasteiger partial charge in [-0.05, 0) is 17.7 Å². The lowest BCUT2D eigenvalue weighted by Crippen LogP contribution is -2.24. The molecule has 0 saturated carbocycles. The first-order valence-electron chi connectivity index (χ1n) is 6.44. The number of rotatable bonds is 6. The van der Waals surface area contributed by atoms with Crippen LogP contribution in [0.1, 0.15) is 17.2 Å². The van der Waals surface area contributed by atoms with Gasteiger partial charge in [0.05, 0.1) is 17.6 Å². The largest absolute Gasteiger partial charge is 0.394 e. The minimum Gasteiger partial charge on any atom is -0.394 e. The molecule has 2 aromatic carbocycles. The van der Waals surface area contributed by atoms with E-state index in [2.05, 4.69) is 21.2 Å². The first-order chi connectivity index (χ1) is 10.1. The Labute approximate surface area is 130 Å². The highest BCUT2D eigenvalue weighted by Crippen LogP contribution is 2.24. The molecule has 2 N–H and O–H groups in total. The van der Waals surface area contributed by atoms with E-state index in [1.165, 1.54) is 6.07 Å². The maximum atomic E-state index is 11.1. The van der Waals surface area contributed by atoms with Gasteiger partial charge < -0.3 is 10.4 Å². The summed E-state index contributed by atoms with van der Waals surface area (Å²) in [4.78, 5) is 10.7. The van der Waals surface area contributed by atoms with Crippen LogP contribution in [0.5, 0.6) is 0 Å². The molecule has 2 rings (SSSR count). The van der Waals surface area contributed by atoms with Crippen molar-refractivity contribution >= 4 is 21.6 Å². The van der Waals surface area contributed by atoms with Crippen molar-refractivity contribution in [1.29, 1.82) is 0 Å². The van der Waals surface area contributed by atoms with Gasteiger partial charge in [0.25, 0.3) is 5.69 Å². The Balaban J connectivity index is 2.14. The lowest BCUT2D eigenvalue weighted by Gasteiger charge is -2.16. The summed E-state index contributed by atoms with van der Waals surface area (Å²) in [5.41, 5.74) is 1.58. The summed E-state index contributed by atoms with van der Waals surface area (Å²) in [6.45, 7) is 0.234. The minimum absolute atomic E-state index is 0.0571. The van der Waals surface area contributed by atoms with E-state index < -0.39 is 4.92 Å². The average molecular weight is 351 g/mol. The van der Waals surface area contributed by atoms with Gasteiger partial charge >= 0.3 is 0 Å². The summed E-state index contributed by atoms with van der Waals surface area (Å²) < 4.78 is 0.666. The summed E-state index contributed by atoms with van der Waals surface area (Å²) >= 11 is 3.23. The lowest BCUT2D eigenvalue weighted by molar-refractivity contribution is -0.385. The Morgan fingerprint density at radius 3 is 2.57 bits per heavy atom. The van der Waals surface area contributed by atoms with Gasteiger partial charge in [-0.25, -0.2) is 0 Å². The van der Waals surface area contributed by atoms with Gasteiger partial charge in [-0.3, -0.25) is 10.1 Å². The Bertz CT molecular complexity index is 620. The van der Waals surface area contributed by atoms with Crippen molar-refractivity contribution in [2.45, 2.75) is 12.6 Å². The predicted molar refractivity (Wildman–Crippen MR) is 83.9 cm³/mol. The van der Waals surface area contributed by atoms with Crippen molar-refractivity contribution in [2.24, 2.45) is 0 Å². The molecule has 0 radical (unpaired) electrons. The third-order valence-corrected chi connectivity index (χ3v) is 3.66. The first-order valence-corrected chi connectivity index (χ1v) is 7.23. The van der Waals surface area contributed by atoms with Crippen LogP contribution in [-0.4, -0.2) is 16.6 Å². The summed E-state index contributed by atoms with van der Waals surface area (Å²) in [7, 11) is 0. The van der Waals surface area contributed by atoms with Gasteiger partial charge in [0.15, 0.2) is 0 Å². The molecule has 0 amide bonds. The number of benzene rings is 2.